The molecule has 1 aliphatic rings. The zero-order valence-corrected chi connectivity index (χ0v) is 21.9. The van der Waals surface area contributed by atoms with Crippen molar-refractivity contribution in [1.29, 1.82) is 0 Å². The number of hydrogen-bond acceptors (Lipinski definition) is 7. The molecule has 5 rings (SSSR count). The second kappa shape index (κ2) is 9.81. The van der Waals surface area contributed by atoms with Crippen molar-refractivity contribution in [2.75, 3.05) is 11.1 Å². The number of aryl methyl sites for hydroxylation is 1. The average molecular weight is 541 g/mol. The van der Waals surface area contributed by atoms with E-state index in [-0.39, 0.29) is 22.1 Å². The summed E-state index contributed by atoms with van der Waals surface area (Å²) in [4.78, 5) is 33.2. The van der Waals surface area contributed by atoms with E-state index in [0.717, 1.165) is 24.8 Å². The summed E-state index contributed by atoms with van der Waals surface area (Å²) in [5.74, 6) is 0.291. The Kier molecular flexibility index (Phi) is 6.73. The first-order valence-corrected chi connectivity index (χ1v) is 14.7. The monoisotopic (exact) mass is 540 g/mol. The average Bonchev–Trinajstić information content (AvgIpc) is 3.20. The number of benzene rings is 2. The molecular weight excluding hydrogens is 517 g/mol. The smallest absolute Gasteiger partial charge is 0.267 e. The first kappa shape index (κ1) is 24.7. The number of carbonyl (C=O) groups excluding carboxylic acids is 1. The van der Waals surface area contributed by atoms with Gasteiger partial charge in [0, 0.05) is 10.6 Å². The lowest BCUT2D eigenvalue weighted by Gasteiger charge is -2.17. The third kappa shape index (κ3) is 4.96. The lowest BCUT2D eigenvalue weighted by Crippen LogP contribution is -2.23. The van der Waals surface area contributed by atoms with E-state index in [2.05, 4.69) is 12.2 Å². The standard InChI is InChI=1S/C25H24N4O4S3/c1-15-7-12-19-20(13-15)35-23-22(19)24(31)29(17-5-3-2-4-6-17)25(28-23)34-14-21(30)27-16-8-10-18(11-9-16)36(26,32)33/h2-6,8-11,15H,7,12-14H2,1H3,(H,27,30)(H2,26,32,33)/t15-/m0/s1. The van der Waals surface area contributed by atoms with Gasteiger partial charge in [-0.1, -0.05) is 36.9 Å². The van der Waals surface area contributed by atoms with Crippen molar-refractivity contribution in [3.8, 4) is 5.69 Å². The summed E-state index contributed by atoms with van der Waals surface area (Å²) in [6.45, 7) is 2.23. The van der Waals surface area contributed by atoms with E-state index in [9.17, 15) is 18.0 Å². The summed E-state index contributed by atoms with van der Waals surface area (Å²) in [7, 11) is -3.81. The van der Waals surface area contributed by atoms with Gasteiger partial charge in [0.15, 0.2) is 5.16 Å². The molecule has 3 N–H and O–H groups in total. The van der Waals surface area contributed by atoms with Gasteiger partial charge in [-0.15, -0.1) is 11.3 Å². The molecule has 4 aromatic rings. The van der Waals surface area contributed by atoms with Crippen LogP contribution in [0, 0.1) is 5.92 Å². The van der Waals surface area contributed by atoms with Crippen molar-refractivity contribution < 1.29 is 13.2 Å². The summed E-state index contributed by atoms with van der Waals surface area (Å²) in [5.41, 5.74) is 2.15. The van der Waals surface area contributed by atoms with Crippen LogP contribution in [-0.2, 0) is 27.7 Å². The quantitative estimate of drug-likeness (QED) is 0.282. The molecule has 8 nitrogen and oxygen atoms in total. The molecule has 0 bridgehead atoms. The van der Waals surface area contributed by atoms with E-state index in [1.54, 1.807) is 15.9 Å². The highest BCUT2D eigenvalue weighted by molar-refractivity contribution is 7.99. The number of sulfonamides is 1. The first-order valence-electron chi connectivity index (χ1n) is 11.4. The Labute approximate surface area is 216 Å². The molecule has 2 aromatic heterocycles. The van der Waals surface area contributed by atoms with E-state index >= 15 is 0 Å². The Morgan fingerprint density at radius 2 is 1.92 bits per heavy atom. The molecule has 0 unspecified atom stereocenters. The van der Waals surface area contributed by atoms with Crippen LogP contribution in [0.2, 0.25) is 0 Å². The Hall–Kier alpha value is -2.99. The van der Waals surface area contributed by atoms with Crippen molar-refractivity contribution in [2.24, 2.45) is 11.1 Å². The maximum absolute atomic E-state index is 13.8. The molecule has 1 amide bonds. The lowest BCUT2D eigenvalue weighted by atomic mass is 9.89. The minimum Gasteiger partial charge on any atom is -0.325 e. The number of para-hydroxylation sites is 1. The summed E-state index contributed by atoms with van der Waals surface area (Å²) in [5, 5.41) is 9.00. The van der Waals surface area contributed by atoms with E-state index in [1.165, 1.54) is 40.9 Å². The van der Waals surface area contributed by atoms with Crippen molar-refractivity contribution in [3.05, 3.63) is 75.4 Å². The van der Waals surface area contributed by atoms with Crippen LogP contribution in [0.5, 0.6) is 0 Å². The van der Waals surface area contributed by atoms with Gasteiger partial charge in [0.25, 0.3) is 5.56 Å². The Morgan fingerprint density at radius 1 is 1.19 bits per heavy atom. The summed E-state index contributed by atoms with van der Waals surface area (Å²) in [6.07, 6.45) is 2.89. The molecule has 0 saturated heterocycles. The van der Waals surface area contributed by atoms with Crippen LogP contribution in [-0.4, -0.2) is 29.6 Å². The van der Waals surface area contributed by atoms with E-state index in [4.69, 9.17) is 10.1 Å². The van der Waals surface area contributed by atoms with Crippen LogP contribution in [0.3, 0.4) is 0 Å². The minimum absolute atomic E-state index is 0.0177. The predicted octanol–water partition coefficient (Wildman–Crippen LogP) is 3.95. The van der Waals surface area contributed by atoms with E-state index in [1.807, 2.05) is 30.3 Å². The van der Waals surface area contributed by atoms with Crippen LogP contribution >= 0.6 is 23.1 Å². The fourth-order valence-electron chi connectivity index (χ4n) is 4.33. The Morgan fingerprint density at radius 3 is 2.61 bits per heavy atom. The van der Waals surface area contributed by atoms with Gasteiger partial charge in [-0.05, 0) is 67.1 Å². The number of primary sulfonamides is 1. The number of carbonyl (C=O) groups is 1. The molecule has 1 atom stereocenters. The van der Waals surface area contributed by atoms with Gasteiger partial charge in [0.1, 0.15) is 4.83 Å². The fraction of sp³-hybridized carbons (Fsp3) is 0.240. The van der Waals surface area contributed by atoms with E-state index < -0.39 is 10.0 Å². The molecule has 36 heavy (non-hydrogen) atoms. The van der Waals surface area contributed by atoms with E-state index in [0.29, 0.717) is 32.7 Å². The number of aromatic nitrogens is 2. The molecule has 0 radical (unpaired) electrons. The highest BCUT2D eigenvalue weighted by Crippen LogP contribution is 2.37. The molecule has 11 heteroatoms. The minimum atomic E-state index is -3.81. The molecule has 186 valence electrons. The number of fused-ring (bicyclic) bond motifs is 3. The zero-order chi connectivity index (χ0) is 25.4. The van der Waals surface area contributed by atoms with Gasteiger partial charge in [0.05, 0.1) is 21.7 Å². The number of nitrogens with one attached hydrogen (secondary N) is 1. The Bertz CT molecular complexity index is 1610. The van der Waals surface area contributed by atoms with Crippen LogP contribution in [0.1, 0.15) is 23.8 Å². The normalized spacial score (nSPS) is 15.6. The number of rotatable bonds is 6. The largest absolute Gasteiger partial charge is 0.325 e. The first-order chi connectivity index (χ1) is 17.2. The molecular formula is C25H24N4O4S3. The van der Waals surface area contributed by atoms with Gasteiger partial charge in [-0.2, -0.15) is 0 Å². The number of thiophene rings is 1. The molecule has 2 aromatic carbocycles. The van der Waals surface area contributed by atoms with Gasteiger partial charge in [-0.3, -0.25) is 14.2 Å². The summed E-state index contributed by atoms with van der Waals surface area (Å²) in [6, 6.07) is 14.9. The molecule has 0 aliphatic heterocycles. The van der Waals surface area contributed by atoms with Gasteiger partial charge in [-0.25, -0.2) is 18.5 Å². The maximum atomic E-state index is 13.8. The highest BCUT2D eigenvalue weighted by atomic mass is 32.2. The van der Waals surface area contributed by atoms with Gasteiger partial charge >= 0.3 is 0 Å². The van der Waals surface area contributed by atoms with Crippen LogP contribution < -0.4 is 16.0 Å². The topological polar surface area (TPSA) is 124 Å². The lowest BCUT2D eigenvalue weighted by molar-refractivity contribution is -0.113. The van der Waals surface area contributed by atoms with Crippen molar-refractivity contribution in [3.63, 3.8) is 0 Å². The highest BCUT2D eigenvalue weighted by Gasteiger charge is 2.25. The summed E-state index contributed by atoms with van der Waals surface area (Å²) >= 11 is 2.76. The third-order valence-corrected chi connectivity index (χ3v) is 9.13. The predicted molar refractivity (Wildman–Crippen MR) is 144 cm³/mol. The van der Waals surface area contributed by atoms with Crippen LogP contribution in [0.4, 0.5) is 5.69 Å². The van der Waals surface area contributed by atoms with Crippen molar-refractivity contribution in [2.45, 2.75) is 36.2 Å². The SMILES string of the molecule is C[C@H]1CCc2c(sc3nc(SCC(=O)Nc4ccc(S(N)(=O)=O)cc4)n(-c4ccccc4)c(=O)c23)C1. The van der Waals surface area contributed by atoms with Gasteiger partial charge < -0.3 is 5.32 Å². The van der Waals surface area contributed by atoms with Crippen LogP contribution in [0.25, 0.3) is 15.9 Å². The second-order valence-electron chi connectivity index (χ2n) is 8.81. The number of nitrogens with zero attached hydrogens (tertiary/aromatic N) is 2. The third-order valence-electron chi connectivity index (χ3n) is 6.11. The molecule has 1 aliphatic carbocycles. The zero-order valence-electron chi connectivity index (χ0n) is 19.4. The van der Waals surface area contributed by atoms with Crippen molar-refractivity contribution in [1.82, 2.24) is 9.55 Å². The maximum Gasteiger partial charge on any atom is 0.267 e. The number of hydrogen-bond donors (Lipinski definition) is 2. The number of nitrogens with two attached hydrogens (primary N) is 1. The van der Waals surface area contributed by atoms with Gasteiger partial charge in [0.2, 0.25) is 15.9 Å². The fourth-order valence-corrected chi connectivity index (χ4v) is 7.08. The summed E-state index contributed by atoms with van der Waals surface area (Å²) < 4.78 is 24.4. The molecule has 2 heterocycles. The molecule has 0 spiro atoms. The molecule has 0 saturated carbocycles. The molecule has 0 fully saturated rings. The van der Waals surface area contributed by atoms with Crippen molar-refractivity contribution >= 4 is 54.9 Å². The second-order valence-corrected chi connectivity index (χ2v) is 12.4. The number of thioether (sulfide) groups is 1. The number of amides is 1. The Balaban J connectivity index is 1.45. The van der Waals surface area contributed by atoms with Crippen LogP contribution in [0.15, 0.2) is 69.4 Å². The number of anilines is 1.